The summed E-state index contributed by atoms with van der Waals surface area (Å²) in [6.07, 6.45) is 4.00. The van der Waals surface area contributed by atoms with Crippen LogP contribution in [0, 0.1) is 12.3 Å². The Kier molecular flexibility index (Phi) is 3.86. The van der Waals surface area contributed by atoms with Crippen molar-refractivity contribution in [2.75, 3.05) is 0 Å². The van der Waals surface area contributed by atoms with Gasteiger partial charge in [-0.25, -0.2) is 4.98 Å². The molecule has 0 saturated heterocycles. The van der Waals surface area contributed by atoms with Crippen LogP contribution in [0.25, 0.3) is 5.69 Å². The molecule has 2 aromatic rings. The van der Waals surface area contributed by atoms with E-state index in [0.717, 1.165) is 17.1 Å². The first-order valence-electron chi connectivity index (χ1n) is 6.33. The summed E-state index contributed by atoms with van der Waals surface area (Å²) in [5.41, 5.74) is 0.943. The average Bonchev–Trinajstić information content (AvgIpc) is 2.75. The molecule has 2 rings (SSSR count). The lowest BCUT2D eigenvalue weighted by Crippen LogP contribution is -2.26. The van der Waals surface area contributed by atoms with Crippen LogP contribution in [0.3, 0.4) is 0 Å². The van der Waals surface area contributed by atoms with Crippen molar-refractivity contribution in [1.82, 2.24) is 9.55 Å². The first-order chi connectivity index (χ1) is 9.31. The lowest BCUT2D eigenvalue weighted by atomic mass is 9.86. The number of carboxylic acids is 1. The molecule has 0 spiro atoms. The van der Waals surface area contributed by atoms with E-state index in [-0.39, 0.29) is 0 Å². The van der Waals surface area contributed by atoms with Crippen LogP contribution in [0.15, 0.2) is 30.6 Å². The number of carboxylic acid groups (broad SMARTS) is 1. The molecule has 4 nitrogen and oxygen atoms in total. The van der Waals surface area contributed by atoms with Gasteiger partial charge in [0.2, 0.25) is 0 Å². The van der Waals surface area contributed by atoms with Gasteiger partial charge in [-0.15, -0.1) is 0 Å². The molecule has 20 heavy (non-hydrogen) atoms. The molecule has 0 bridgehead atoms. The van der Waals surface area contributed by atoms with Gasteiger partial charge in [-0.2, -0.15) is 0 Å². The summed E-state index contributed by atoms with van der Waals surface area (Å²) < 4.78 is 1.90. The third-order valence-corrected chi connectivity index (χ3v) is 3.63. The second-order valence-corrected chi connectivity index (χ2v) is 5.90. The second kappa shape index (κ2) is 5.29. The van der Waals surface area contributed by atoms with Gasteiger partial charge >= 0.3 is 5.97 Å². The van der Waals surface area contributed by atoms with Crippen molar-refractivity contribution in [2.24, 2.45) is 5.41 Å². The number of hydrogen-bond donors (Lipinski definition) is 1. The van der Waals surface area contributed by atoms with Crippen molar-refractivity contribution in [3.05, 3.63) is 47.0 Å². The Morgan fingerprint density at radius 3 is 2.65 bits per heavy atom. The molecule has 1 aromatic heterocycles. The van der Waals surface area contributed by atoms with Crippen molar-refractivity contribution in [3.8, 4) is 5.69 Å². The smallest absolute Gasteiger partial charge is 0.309 e. The maximum Gasteiger partial charge on any atom is 0.309 e. The third-order valence-electron chi connectivity index (χ3n) is 3.32. The maximum absolute atomic E-state index is 11.2. The molecule has 106 valence electrons. The summed E-state index contributed by atoms with van der Waals surface area (Å²) in [7, 11) is 0. The first kappa shape index (κ1) is 14.6. The van der Waals surface area contributed by atoms with Crippen LogP contribution in [-0.2, 0) is 11.2 Å². The highest BCUT2D eigenvalue weighted by Crippen LogP contribution is 2.27. The molecule has 0 aliphatic carbocycles. The number of aliphatic carboxylic acids is 1. The van der Waals surface area contributed by atoms with Gasteiger partial charge in [0, 0.05) is 12.4 Å². The topological polar surface area (TPSA) is 55.1 Å². The number of aryl methyl sites for hydroxylation is 1. The fourth-order valence-electron chi connectivity index (χ4n) is 2.07. The maximum atomic E-state index is 11.2. The summed E-state index contributed by atoms with van der Waals surface area (Å²) >= 11 is 6.31. The van der Waals surface area contributed by atoms with E-state index in [1.807, 2.05) is 35.9 Å². The van der Waals surface area contributed by atoms with Crippen molar-refractivity contribution in [3.63, 3.8) is 0 Å². The van der Waals surface area contributed by atoms with Gasteiger partial charge in [0.15, 0.2) is 0 Å². The van der Waals surface area contributed by atoms with Crippen LogP contribution in [0.4, 0.5) is 0 Å². The van der Waals surface area contributed by atoms with Gasteiger partial charge in [-0.3, -0.25) is 4.79 Å². The summed E-state index contributed by atoms with van der Waals surface area (Å²) in [4.78, 5) is 15.3. The van der Waals surface area contributed by atoms with E-state index in [4.69, 9.17) is 16.7 Å². The number of nitrogens with zero attached hydrogens (tertiary/aromatic N) is 2. The zero-order valence-electron chi connectivity index (χ0n) is 11.7. The molecule has 1 heterocycles. The number of rotatable bonds is 4. The largest absolute Gasteiger partial charge is 0.481 e. The monoisotopic (exact) mass is 292 g/mol. The van der Waals surface area contributed by atoms with Gasteiger partial charge in [0.05, 0.1) is 16.1 Å². The van der Waals surface area contributed by atoms with Crippen LogP contribution in [-0.4, -0.2) is 20.6 Å². The van der Waals surface area contributed by atoms with Gasteiger partial charge in [-0.05, 0) is 44.9 Å². The van der Waals surface area contributed by atoms with E-state index in [2.05, 4.69) is 4.98 Å². The van der Waals surface area contributed by atoms with E-state index in [1.54, 1.807) is 20.0 Å². The molecule has 0 atom stereocenters. The normalized spacial score (nSPS) is 11.6. The summed E-state index contributed by atoms with van der Waals surface area (Å²) in [5, 5.41) is 9.76. The standard InChI is InChI=1S/C15H17ClN2O2/c1-10-17-6-7-18(10)13-5-4-11(8-12(13)16)9-15(2,3)14(19)20/h4-8H,9H2,1-3H3,(H,19,20). The minimum absolute atomic E-state index is 0.436. The lowest BCUT2D eigenvalue weighted by Gasteiger charge is -2.19. The van der Waals surface area contributed by atoms with Crippen LogP contribution in [0.1, 0.15) is 25.2 Å². The Hall–Kier alpha value is -1.81. The summed E-state index contributed by atoms with van der Waals surface area (Å²) in [5.74, 6) is 0.0358. The predicted molar refractivity (Wildman–Crippen MR) is 78.4 cm³/mol. The minimum atomic E-state index is -0.817. The van der Waals surface area contributed by atoms with Gasteiger partial charge in [0.1, 0.15) is 5.82 Å². The predicted octanol–water partition coefficient (Wildman–Crippen LogP) is 3.49. The Bertz CT molecular complexity index is 647. The van der Waals surface area contributed by atoms with E-state index in [0.29, 0.717) is 11.4 Å². The van der Waals surface area contributed by atoms with Crippen LogP contribution in [0.5, 0.6) is 0 Å². The molecule has 0 unspecified atom stereocenters. The van der Waals surface area contributed by atoms with Crippen LogP contribution < -0.4 is 0 Å². The van der Waals surface area contributed by atoms with Crippen molar-refractivity contribution in [1.29, 1.82) is 0 Å². The molecule has 0 aliphatic heterocycles. The second-order valence-electron chi connectivity index (χ2n) is 5.50. The molecule has 0 radical (unpaired) electrons. The first-order valence-corrected chi connectivity index (χ1v) is 6.71. The number of carbonyl (C=O) groups is 1. The quantitative estimate of drug-likeness (QED) is 0.938. The van der Waals surface area contributed by atoms with Gasteiger partial charge < -0.3 is 9.67 Å². The Balaban J connectivity index is 2.32. The number of hydrogen-bond acceptors (Lipinski definition) is 2. The van der Waals surface area contributed by atoms with E-state index in [1.165, 1.54) is 0 Å². The third kappa shape index (κ3) is 2.85. The minimum Gasteiger partial charge on any atom is -0.481 e. The molecular weight excluding hydrogens is 276 g/mol. The number of imidazole rings is 1. The number of halogens is 1. The molecule has 0 fully saturated rings. The fourth-order valence-corrected chi connectivity index (χ4v) is 2.37. The zero-order chi connectivity index (χ0) is 14.9. The van der Waals surface area contributed by atoms with E-state index < -0.39 is 11.4 Å². The molecule has 0 aliphatic rings. The fraction of sp³-hybridized carbons (Fsp3) is 0.333. The average molecular weight is 293 g/mol. The van der Waals surface area contributed by atoms with Crippen LogP contribution in [0.2, 0.25) is 5.02 Å². The highest BCUT2D eigenvalue weighted by Gasteiger charge is 2.27. The summed E-state index contributed by atoms with van der Waals surface area (Å²) in [6, 6.07) is 5.62. The highest BCUT2D eigenvalue weighted by molar-refractivity contribution is 6.32. The molecule has 5 heteroatoms. The van der Waals surface area contributed by atoms with E-state index >= 15 is 0 Å². The molecular formula is C15H17ClN2O2. The van der Waals surface area contributed by atoms with Crippen molar-refractivity contribution in [2.45, 2.75) is 27.2 Å². The Morgan fingerprint density at radius 1 is 1.45 bits per heavy atom. The van der Waals surface area contributed by atoms with Gasteiger partial charge in [-0.1, -0.05) is 17.7 Å². The SMILES string of the molecule is Cc1nccn1-c1ccc(CC(C)(C)C(=O)O)cc1Cl. The van der Waals surface area contributed by atoms with Gasteiger partial charge in [0.25, 0.3) is 0 Å². The lowest BCUT2D eigenvalue weighted by molar-refractivity contribution is -0.146. The molecule has 1 N–H and O–H groups in total. The zero-order valence-corrected chi connectivity index (χ0v) is 12.5. The van der Waals surface area contributed by atoms with Crippen LogP contribution >= 0.6 is 11.6 Å². The van der Waals surface area contributed by atoms with Crippen molar-refractivity contribution < 1.29 is 9.90 Å². The molecule has 1 aromatic carbocycles. The van der Waals surface area contributed by atoms with E-state index in [9.17, 15) is 4.79 Å². The highest BCUT2D eigenvalue weighted by atomic mass is 35.5. The Labute approximate surface area is 123 Å². The molecule has 0 saturated carbocycles. The number of benzene rings is 1. The van der Waals surface area contributed by atoms with Crippen molar-refractivity contribution >= 4 is 17.6 Å². The summed E-state index contributed by atoms with van der Waals surface area (Å²) in [6.45, 7) is 5.31. The molecule has 0 amide bonds. The Morgan fingerprint density at radius 2 is 2.15 bits per heavy atom. The number of aromatic nitrogens is 2.